The molecule has 0 aliphatic carbocycles. The van der Waals surface area contributed by atoms with E-state index in [-0.39, 0.29) is 0 Å². The van der Waals surface area contributed by atoms with Gasteiger partial charge >= 0.3 is 5.97 Å². The Bertz CT molecular complexity index is 572. The van der Waals surface area contributed by atoms with Crippen LogP contribution in [0, 0.1) is 6.92 Å². The van der Waals surface area contributed by atoms with Crippen molar-refractivity contribution in [2.24, 2.45) is 5.73 Å². The van der Waals surface area contributed by atoms with Crippen molar-refractivity contribution in [1.82, 2.24) is 0 Å². The van der Waals surface area contributed by atoms with E-state index in [4.69, 9.17) is 14.9 Å². The van der Waals surface area contributed by atoms with Gasteiger partial charge in [0.2, 0.25) is 0 Å². The Balaban J connectivity index is 2.05. The lowest BCUT2D eigenvalue weighted by molar-refractivity contribution is -0.144. The van der Waals surface area contributed by atoms with E-state index < -0.39 is 12.0 Å². The first-order valence-electron chi connectivity index (χ1n) is 6.68. The Morgan fingerprint density at radius 2 is 1.95 bits per heavy atom. The van der Waals surface area contributed by atoms with Gasteiger partial charge in [0, 0.05) is 12.0 Å². The van der Waals surface area contributed by atoms with Gasteiger partial charge in [-0.25, -0.2) is 0 Å². The molecule has 0 fully saturated rings. The van der Waals surface area contributed by atoms with Crippen molar-refractivity contribution in [1.29, 1.82) is 0 Å². The standard InChI is InChI=1S/C16H19NO3/c1-3-19-16(18)14(17)10-13-8-9-15(20-13)12-6-4-11(2)5-7-12/h4-9,14H,3,10,17H2,1-2H3. The molecule has 0 aliphatic heterocycles. The smallest absolute Gasteiger partial charge is 0.323 e. The molecule has 0 saturated carbocycles. The quantitative estimate of drug-likeness (QED) is 0.851. The molecule has 0 aliphatic rings. The highest BCUT2D eigenvalue weighted by Crippen LogP contribution is 2.23. The molecule has 2 N–H and O–H groups in total. The average Bonchev–Trinajstić information content (AvgIpc) is 2.88. The molecule has 2 aromatic rings. The van der Waals surface area contributed by atoms with Crippen LogP contribution in [0.1, 0.15) is 18.2 Å². The fourth-order valence-electron chi connectivity index (χ4n) is 1.91. The second kappa shape index (κ2) is 6.39. The van der Waals surface area contributed by atoms with E-state index in [9.17, 15) is 4.79 Å². The zero-order chi connectivity index (χ0) is 14.5. The summed E-state index contributed by atoms with van der Waals surface area (Å²) >= 11 is 0. The number of furan rings is 1. The van der Waals surface area contributed by atoms with Crippen molar-refractivity contribution in [3.8, 4) is 11.3 Å². The van der Waals surface area contributed by atoms with Gasteiger partial charge in [0.05, 0.1) is 6.61 Å². The molecule has 20 heavy (non-hydrogen) atoms. The molecule has 1 unspecified atom stereocenters. The molecule has 0 bridgehead atoms. The second-order valence-electron chi connectivity index (χ2n) is 4.69. The molecule has 1 aromatic heterocycles. The number of nitrogens with two attached hydrogens (primary N) is 1. The maximum absolute atomic E-state index is 11.5. The van der Waals surface area contributed by atoms with Gasteiger partial charge in [-0.05, 0) is 26.0 Å². The first-order valence-corrected chi connectivity index (χ1v) is 6.68. The molecular weight excluding hydrogens is 254 g/mol. The third kappa shape index (κ3) is 3.48. The number of hydrogen-bond acceptors (Lipinski definition) is 4. The largest absolute Gasteiger partial charge is 0.465 e. The van der Waals surface area contributed by atoms with Crippen molar-refractivity contribution < 1.29 is 13.9 Å². The normalized spacial score (nSPS) is 12.2. The van der Waals surface area contributed by atoms with Gasteiger partial charge in [0.15, 0.2) is 0 Å². The lowest BCUT2D eigenvalue weighted by atomic mass is 10.1. The van der Waals surface area contributed by atoms with Crippen LogP contribution < -0.4 is 5.73 Å². The monoisotopic (exact) mass is 273 g/mol. The summed E-state index contributed by atoms with van der Waals surface area (Å²) in [6.45, 7) is 4.13. The van der Waals surface area contributed by atoms with Crippen LogP contribution >= 0.6 is 0 Å². The molecule has 0 radical (unpaired) electrons. The van der Waals surface area contributed by atoms with E-state index in [1.807, 2.05) is 43.3 Å². The number of aryl methyl sites for hydroxylation is 1. The topological polar surface area (TPSA) is 65.5 Å². The van der Waals surface area contributed by atoms with Crippen LogP contribution in [-0.4, -0.2) is 18.6 Å². The van der Waals surface area contributed by atoms with E-state index in [2.05, 4.69) is 0 Å². The Hall–Kier alpha value is -2.07. The van der Waals surface area contributed by atoms with Crippen molar-refractivity contribution in [2.75, 3.05) is 6.61 Å². The van der Waals surface area contributed by atoms with E-state index in [0.29, 0.717) is 18.8 Å². The van der Waals surface area contributed by atoms with E-state index in [0.717, 1.165) is 11.3 Å². The molecule has 0 spiro atoms. The summed E-state index contributed by atoms with van der Waals surface area (Å²) in [4.78, 5) is 11.5. The van der Waals surface area contributed by atoms with Crippen LogP contribution in [0.4, 0.5) is 0 Å². The highest BCUT2D eigenvalue weighted by Gasteiger charge is 2.17. The molecule has 4 heteroatoms. The summed E-state index contributed by atoms with van der Waals surface area (Å²) in [5, 5.41) is 0. The maximum atomic E-state index is 11.5. The van der Waals surface area contributed by atoms with Gasteiger partial charge in [-0.2, -0.15) is 0 Å². The molecule has 2 rings (SSSR count). The summed E-state index contributed by atoms with van der Waals surface area (Å²) in [7, 11) is 0. The Labute approximate surface area is 118 Å². The first kappa shape index (κ1) is 14.3. The maximum Gasteiger partial charge on any atom is 0.323 e. The lowest BCUT2D eigenvalue weighted by Crippen LogP contribution is -2.34. The number of hydrogen-bond donors (Lipinski definition) is 1. The van der Waals surface area contributed by atoms with Gasteiger partial charge in [-0.15, -0.1) is 0 Å². The van der Waals surface area contributed by atoms with Gasteiger partial charge in [0.25, 0.3) is 0 Å². The summed E-state index contributed by atoms with van der Waals surface area (Å²) in [5.41, 5.74) is 7.97. The molecule has 4 nitrogen and oxygen atoms in total. The Morgan fingerprint density at radius 3 is 2.60 bits per heavy atom. The van der Waals surface area contributed by atoms with Crippen molar-refractivity contribution in [3.63, 3.8) is 0 Å². The number of esters is 1. The highest BCUT2D eigenvalue weighted by atomic mass is 16.5. The Morgan fingerprint density at radius 1 is 1.25 bits per heavy atom. The van der Waals surface area contributed by atoms with Gasteiger partial charge in [-0.1, -0.05) is 29.8 Å². The van der Waals surface area contributed by atoms with E-state index in [1.54, 1.807) is 6.92 Å². The van der Waals surface area contributed by atoms with E-state index in [1.165, 1.54) is 5.56 Å². The summed E-state index contributed by atoms with van der Waals surface area (Å²) in [5.74, 6) is 1.05. The first-order chi connectivity index (χ1) is 9.60. The van der Waals surface area contributed by atoms with Crippen molar-refractivity contribution >= 4 is 5.97 Å². The van der Waals surface area contributed by atoms with Crippen LogP contribution in [0.3, 0.4) is 0 Å². The Kier molecular flexibility index (Phi) is 4.58. The third-order valence-electron chi connectivity index (χ3n) is 3.01. The molecule has 106 valence electrons. The van der Waals surface area contributed by atoms with E-state index >= 15 is 0 Å². The van der Waals surface area contributed by atoms with Crippen LogP contribution in [-0.2, 0) is 16.0 Å². The lowest BCUT2D eigenvalue weighted by Gasteiger charge is -2.08. The van der Waals surface area contributed by atoms with Gasteiger partial charge < -0.3 is 14.9 Å². The average molecular weight is 273 g/mol. The number of ether oxygens (including phenoxy) is 1. The summed E-state index contributed by atoms with van der Waals surface area (Å²) in [6, 6.07) is 11.1. The van der Waals surface area contributed by atoms with Crippen LogP contribution in [0.5, 0.6) is 0 Å². The fraction of sp³-hybridized carbons (Fsp3) is 0.312. The van der Waals surface area contributed by atoms with Gasteiger partial charge in [0.1, 0.15) is 17.6 Å². The predicted octanol–water partition coefficient (Wildman–Crippen LogP) is 2.69. The number of carbonyl (C=O) groups is 1. The minimum Gasteiger partial charge on any atom is -0.465 e. The third-order valence-corrected chi connectivity index (χ3v) is 3.01. The zero-order valence-electron chi connectivity index (χ0n) is 11.8. The second-order valence-corrected chi connectivity index (χ2v) is 4.69. The molecule has 1 aromatic carbocycles. The summed E-state index contributed by atoms with van der Waals surface area (Å²) in [6.07, 6.45) is 0.338. The van der Waals surface area contributed by atoms with Gasteiger partial charge in [-0.3, -0.25) is 4.79 Å². The zero-order valence-corrected chi connectivity index (χ0v) is 11.8. The summed E-state index contributed by atoms with van der Waals surface area (Å²) < 4.78 is 10.6. The molecule has 0 saturated heterocycles. The van der Waals surface area contributed by atoms with Crippen LogP contribution in [0.25, 0.3) is 11.3 Å². The predicted molar refractivity (Wildman–Crippen MR) is 77.2 cm³/mol. The molecule has 0 amide bonds. The number of carbonyl (C=O) groups excluding carboxylic acids is 1. The number of benzene rings is 1. The molecule has 1 heterocycles. The molecule has 1 atom stereocenters. The minimum absolute atomic E-state index is 0.333. The van der Waals surface area contributed by atoms with Crippen molar-refractivity contribution in [3.05, 3.63) is 47.7 Å². The van der Waals surface area contributed by atoms with Crippen LogP contribution in [0.15, 0.2) is 40.8 Å². The fourth-order valence-corrected chi connectivity index (χ4v) is 1.91. The SMILES string of the molecule is CCOC(=O)C(N)Cc1ccc(-c2ccc(C)cc2)o1. The number of rotatable bonds is 5. The minimum atomic E-state index is -0.688. The van der Waals surface area contributed by atoms with Crippen LogP contribution in [0.2, 0.25) is 0 Å². The highest BCUT2D eigenvalue weighted by molar-refractivity contribution is 5.75. The molecular formula is C16H19NO3. The van der Waals surface area contributed by atoms with Crippen molar-refractivity contribution in [2.45, 2.75) is 26.3 Å².